The Hall–Kier alpha value is -2.57. The fraction of sp³-hybridized carbons (Fsp3) is 0.333. The van der Waals surface area contributed by atoms with Gasteiger partial charge < -0.3 is 20.9 Å². The van der Waals surface area contributed by atoms with E-state index >= 15 is 0 Å². The molecular formula is C21H27ClN4O2. The molecule has 7 heteroatoms. The molecule has 1 fully saturated rings. The van der Waals surface area contributed by atoms with E-state index in [9.17, 15) is 9.59 Å². The lowest BCUT2D eigenvalue weighted by Crippen LogP contribution is -2.40. The third kappa shape index (κ3) is 5.24. The highest BCUT2D eigenvalue weighted by Crippen LogP contribution is 2.23. The first kappa shape index (κ1) is 21.7. The molecule has 0 radical (unpaired) electrons. The number of carbonyl (C=O) groups is 2. The first-order valence-electron chi connectivity index (χ1n) is 9.28. The van der Waals surface area contributed by atoms with Gasteiger partial charge in [-0.15, -0.1) is 12.4 Å². The molecule has 3 amide bonds. The van der Waals surface area contributed by atoms with Crippen LogP contribution in [0.2, 0.25) is 0 Å². The number of amides is 3. The van der Waals surface area contributed by atoms with Crippen molar-refractivity contribution in [3.8, 4) is 0 Å². The Kier molecular flexibility index (Phi) is 7.84. The second-order valence-corrected chi connectivity index (χ2v) is 6.83. The summed E-state index contributed by atoms with van der Waals surface area (Å²) in [5.41, 5.74) is 2.85. The molecule has 1 heterocycles. The molecule has 3 rings (SSSR count). The number of para-hydroxylation sites is 1. The van der Waals surface area contributed by atoms with Gasteiger partial charge in [0.25, 0.3) is 5.91 Å². The molecule has 1 unspecified atom stereocenters. The van der Waals surface area contributed by atoms with Crippen LogP contribution in [0.1, 0.15) is 28.8 Å². The summed E-state index contributed by atoms with van der Waals surface area (Å²) in [5, 5.41) is 8.80. The molecule has 3 N–H and O–H groups in total. The third-order valence-corrected chi connectivity index (χ3v) is 4.84. The van der Waals surface area contributed by atoms with E-state index in [1.165, 1.54) is 0 Å². The van der Waals surface area contributed by atoms with Crippen molar-refractivity contribution >= 4 is 35.7 Å². The first-order valence-corrected chi connectivity index (χ1v) is 9.28. The standard InChI is InChI=1S/C21H26N4O2.ClH/c1-15-10-11-16(20(26)25-12-6-9-18(25)14-22-2)13-19(15)24-21(27)23-17-7-4-3-5-8-17;/h3-5,7-8,10-11,13,18,22H,6,9,12,14H2,1-2H3,(H2,23,24,27);1H. The molecule has 28 heavy (non-hydrogen) atoms. The van der Waals surface area contributed by atoms with E-state index in [4.69, 9.17) is 0 Å². The number of benzene rings is 2. The molecule has 0 bridgehead atoms. The van der Waals surface area contributed by atoms with E-state index < -0.39 is 0 Å². The van der Waals surface area contributed by atoms with E-state index in [2.05, 4.69) is 16.0 Å². The number of hydrogen-bond donors (Lipinski definition) is 3. The molecule has 150 valence electrons. The molecule has 0 aromatic heterocycles. The van der Waals surface area contributed by atoms with Gasteiger partial charge in [0, 0.05) is 36.1 Å². The van der Waals surface area contributed by atoms with Crippen LogP contribution in [0.5, 0.6) is 0 Å². The normalized spacial score (nSPS) is 15.6. The summed E-state index contributed by atoms with van der Waals surface area (Å²) >= 11 is 0. The Morgan fingerprint density at radius 1 is 1.11 bits per heavy atom. The lowest BCUT2D eigenvalue weighted by molar-refractivity contribution is 0.0737. The molecule has 1 aliphatic rings. The monoisotopic (exact) mass is 402 g/mol. The van der Waals surface area contributed by atoms with Crippen LogP contribution in [0.3, 0.4) is 0 Å². The number of carbonyl (C=O) groups excluding carboxylic acids is 2. The number of aryl methyl sites for hydroxylation is 1. The summed E-state index contributed by atoms with van der Waals surface area (Å²) in [4.78, 5) is 27.2. The zero-order chi connectivity index (χ0) is 19.2. The van der Waals surface area contributed by atoms with Crippen molar-refractivity contribution in [2.45, 2.75) is 25.8 Å². The summed E-state index contributed by atoms with van der Waals surface area (Å²) in [5.74, 6) is 0.0132. The molecule has 2 aromatic rings. The van der Waals surface area contributed by atoms with Crippen molar-refractivity contribution < 1.29 is 9.59 Å². The largest absolute Gasteiger partial charge is 0.334 e. The van der Waals surface area contributed by atoms with E-state index in [0.717, 1.165) is 31.5 Å². The average molecular weight is 403 g/mol. The number of likely N-dealkylation sites (N-methyl/N-ethyl adjacent to an activating group) is 1. The molecule has 1 atom stereocenters. The maximum Gasteiger partial charge on any atom is 0.323 e. The number of hydrogen-bond acceptors (Lipinski definition) is 3. The maximum absolute atomic E-state index is 12.9. The van der Waals surface area contributed by atoms with Crippen LogP contribution in [0, 0.1) is 6.92 Å². The number of nitrogens with zero attached hydrogens (tertiary/aromatic N) is 1. The van der Waals surface area contributed by atoms with Crippen LogP contribution in [0.15, 0.2) is 48.5 Å². The number of anilines is 2. The lowest BCUT2D eigenvalue weighted by Gasteiger charge is -2.25. The number of halogens is 1. The highest BCUT2D eigenvalue weighted by atomic mass is 35.5. The quantitative estimate of drug-likeness (QED) is 0.710. The summed E-state index contributed by atoms with van der Waals surface area (Å²) in [7, 11) is 1.90. The minimum atomic E-state index is -0.330. The molecule has 0 saturated carbocycles. The van der Waals surface area contributed by atoms with Crippen molar-refractivity contribution in [2.24, 2.45) is 0 Å². The van der Waals surface area contributed by atoms with E-state index in [1.54, 1.807) is 6.07 Å². The molecule has 0 spiro atoms. The van der Waals surface area contributed by atoms with Gasteiger partial charge in [-0.1, -0.05) is 24.3 Å². The second-order valence-electron chi connectivity index (χ2n) is 6.83. The lowest BCUT2D eigenvalue weighted by atomic mass is 10.1. The first-order chi connectivity index (χ1) is 13.1. The minimum absolute atomic E-state index is 0. The summed E-state index contributed by atoms with van der Waals surface area (Å²) in [6.07, 6.45) is 2.04. The average Bonchev–Trinajstić information content (AvgIpc) is 3.12. The number of nitrogens with one attached hydrogen (secondary N) is 3. The summed E-state index contributed by atoms with van der Waals surface area (Å²) in [6.45, 7) is 3.48. The number of rotatable bonds is 5. The smallest absolute Gasteiger partial charge is 0.323 e. The Morgan fingerprint density at radius 3 is 2.57 bits per heavy atom. The topological polar surface area (TPSA) is 73.5 Å². The molecule has 6 nitrogen and oxygen atoms in total. The number of likely N-dealkylation sites (tertiary alicyclic amines) is 1. The summed E-state index contributed by atoms with van der Waals surface area (Å²) < 4.78 is 0. The van der Waals surface area contributed by atoms with Gasteiger partial charge in [0.2, 0.25) is 0 Å². The zero-order valence-corrected chi connectivity index (χ0v) is 17.0. The van der Waals surface area contributed by atoms with Gasteiger partial charge in [0.15, 0.2) is 0 Å². The van der Waals surface area contributed by atoms with Crippen LogP contribution in [0.4, 0.5) is 16.2 Å². The second kappa shape index (κ2) is 10.1. The molecule has 2 aromatic carbocycles. The Labute approximate surface area is 172 Å². The predicted octanol–water partition coefficient (Wildman–Crippen LogP) is 3.88. The van der Waals surface area contributed by atoms with Gasteiger partial charge in [-0.25, -0.2) is 4.79 Å². The SMILES string of the molecule is CNCC1CCCN1C(=O)c1ccc(C)c(NC(=O)Nc2ccccc2)c1.Cl. The summed E-state index contributed by atoms with van der Waals surface area (Å²) in [6, 6.07) is 14.6. The van der Waals surface area contributed by atoms with Gasteiger partial charge >= 0.3 is 6.03 Å². The van der Waals surface area contributed by atoms with Crippen LogP contribution < -0.4 is 16.0 Å². The number of urea groups is 1. The van der Waals surface area contributed by atoms with Crippen LogP contribution >= 0.6 is 12.4 Å². The van der Waals surface area contributed by atoms with Gasteiger partial charge in [-0.3, -0.25) is 4.79 Å². The van der Waals surface area contributed by atoms with E-state index in [1.807, 2.05) is 61.3 Å². The third-order valence-electron chi connectivity index (χ3n) is 4.84. The van der Waals surface area contributed by atoms with Crippen molar-refractivity contribution in [2.75, 3.05) is 30.8 Å². The van der Waals surface area contributed by atoms with Crippen molar-refractivity contribution in [1.29, 1.82) is 0 Å². The molecule has 1 aliphatic heterocycles. The van der Waals surface area contributed by atoms with Crippen molar-refractivity contribution in [3.63, 3.8) is 0 Å². The van der Waals surface area contributed by atoms with Gasteiger partial charge in [0.05, 0.1) is 0 Å². The van der Waals surface area contributed by atoms with Crippen molar-refractivity contribution in [3.05, 3.63) is 59.7 Å². The minimum Gasteiger partial charge on any atom is -0.334 e. The van der Waals surface area contributed by atoms with Crippen LogP contribution in [-0.4, -0.2) is 43.0 Å². The fourth-order valence-electron chi connectivity index (χ4n) is 3.41. The van der Waals surface area contributed by atoms with Gasteiger partial charge in [-0.2, -0.15) is 0 Å². The zero-order valence-electron chi connectivity index (χ0n) is 16.2. The highest BCUT2D eigenvalue weighted by molar-refractivity contribution is 6.02. The maximum atomic E-state index is 12.9. The van der Waals surface area contributed by atoms with Crippen LogP contribution in [-0.2, 0) is 0 Å². The molecular weight excluding hydrogens is 376 g/mol. The Balaban J connectivity index is 0.00000280. The van der Waals surface area contributed by atoms with Crippen LogP contribution in [0.25, 0.3) is 0 Å². The van der Waals surface area contributed by atoms with Crippen molar-refractivity contribution in [1.82, 2.24) is 10.2 Å². The molecule has 1 saturated heterocycles. The van der Waals surface area contributed by atoms with E-state index in [0.29, 0.717) is 16.9 Å². The molecule has 0 aliphatic carbocycles. The Morgan fingerprint density at radius 2 is 1.86 bits per heavy atom. The predicted molar refractivity (Wildman–Crippen MR) is 115 cm³/mol. The van der Waals surface area contributed by atoms with E-state index in [-0.39, 0.29) is 30.4 Å². The highest BCUT2D eigenvalue weighted by Gasteiger charge is 2.29. The van der Waals surface area contributed by atoms with Gasteiger partial charge in [0.1, 0.15) is 0 Å². The Bertz CT molecular complexity index is 813. The van der Waals surface area contributed by atoms with Gasteiger partial charge in [-0.05, 0) is 56.6 Å². The fourth-order valence-corrected chi connectivity index (χ4v) is 3.41.